The maximum atomic E-state index is 11.4. The molecule has 8 heteroatoms. The zero-order valence-electron chi connectivity index (χ0n) is 13.0. The molecule has 0 aromatic rings. The Hall–Kier alpha value is -0.460. The molecule has 0 bridgehead atoms. The van der Waals surface area contributed by atoms with Crippen LogP contribution in [0.5, 0.6) is 0 Å². The van der Waals surface area contributed by atoms with E-state index in [-0.39, 0.29) is 25.3 Å². The van der Waals surface area contributed by atoms with Crippen molar-refractivity contribution in [1.82, 2.24) is 0 Å². The molecule has 0 N–H and O–H groups in total. The van der Waals surface area contributed by atoms with E-state index in [0.717, 1.165) is 0 Å². The molecule has 0 heterocycles. The number of carbonyl (C=O) groups excluding carboxylic acids is 1. The SMILES string of the molecule is CCCOP(=O)([O-])OCC(CC)OCCCCC(=O)OC. The van der Waals surface area contributed by atoms with Crippen LogP contribution < -0.4 is 4.89 Å². The molecular formula is C13H26O7P-. The van der Waals surface area contributed by atoms with Crippen molar-refractivity contribution in [3.63, 3.8) is 0 Å². The zero-order valence-corrected chi connectivity index (χ0v) is 13.9. The third kappa shape index (κ3) is 11.8. The Labute approximate surface area is 126 Å². The third-order valence-electron chi connectivity index (χ3n) is 2.68. The molecule has 2 unspecified atom stereocenters. The van der Waals surface area contributed by atoms with Crippen LogP contribution in [0.4, 0.5) is 0 Å². The second-order valence-electron chi connectivity index (χ2n) is 4.51. The number of esters is 1. The quantitative estimate of drug-likeness (QED) is 0.290. The van der Waals surface area contributed by atoms with E-state index in [2.05, 4.69) is 9.26 Å². The van der Waals surface area contributed by atoms with Gasteiger partial charge in [0.05, 0.1) is 26.4 Å². The molecule has 0 spiro atoms. The first kappa shape index (κ1) is 20.5. The van der Waals surface area contributed by atoms with Gasteiger partial charge in [-0.05, 0) is 25.7 Å². The number of phosphoric acid groups is 1. The minimum Gasteiger partial charge on any atom is -0.756 e. The van der Waals surface area contributed by atoms with Gasteiger partial charge in [0, 0.05) is 13.0 Å². The lowest BCUT2D eigenvalue weighted by Crippen LogP contribution is -2.21. The molecule has 7 nitrogen and oxygen atoms in total. The molecule has 0 saturated carbocycles. The van der Waals surface area contributed by atoms with Crippen LogP contribution in [0.1, 0.15) is 46.0 Å². The van der Waals surface area contributed by atoms with E-state index in [4.69, 9.17) is 9.26 Å². The second-order valence-corrected chi connectivity index (χ2v) is 5.92. The first-order valence-corrected chi connectivity index (χ1v) is 8.69. The summed E-state index contributed by atoms with van der Waals surface area (Å²) in [5.74, 6) is -0.245. The number of rotatable bonds is 13. The number of unbranched alkanes of at least 4 members (excludes halogenated alkanes) is 1. The highest BCUT2D eigenvalue weighted by molar-refractivity contribution is 7.45. The molecule has 0 radical (unpaired) electrons. The van der Waals surface area contributed by atoms with Crippen LogP contribution in [0.3, 0.4) is 0 Å². The Morgan fingerprint density at radius 2 is 1.90 bits per heavy atom. The normalized spacial score (nSPS) is 15.4. The van der Waals surface area contributed by atoms with Crippen LogP contribution >= 0.6 is 7.82 Å². The van der Waals surface area contributed by atoms with Crippen LogP contribution in [0.2, 0.25) is 0 Å². The Morgan fingerprint density at radius 1 is 1.19 bits per heavy atom. The van der Waals surface area contributed by atoms with E-state index in [9.17, 15) is 14.3 Å². The summed E-state index contributed by atoms with van der Waals surface area (Å²) in [5, 5.41) is 0. The van der Waals surface area contributed by atoms with Crippen molar-refractivity contribution < 1.29 is 32.8 Å². The Morgan fingerprint density at radius 3 is 2.48 bits per heavy atom. The average molecular weight is 325 g/mol. The van der Waals surface area contributed by atoms with Crippen LogP contribution in [0.25, 0.3) is 0 Å². The van der Waals surface area contributed by atoms with Crippen molar-refractivity contribution in [3.05, 3.63) is 0 Å². The second kappa shape index (κ2) is 12.1. The van der Waals surface area contributed by atoms with Gasteiger partial charge >= 0.3 is 5.97 Å². The Kier molecular flexibility index (Phi) is 11.9. The van der Waals surface area contributed by atoms with Gasteiger partial charge < -0.3 is 23.4 Å². The molecule has 0 rings (SSSR count). The van der Waals surface area contributed by atoms with E-state index < -0.39 is 7.82 Å². The van der Waals surface area contributed by atoms with E-state index in [1.807, 2.05) is 13.8 Å². The Bertz CT molecular complexity index is 322. The van der Waals surface area contributed by atoms with Gasteiger partial charge in [0.2, 0.25) is 0 Å². The molecule has 21 heavy (non-hydrogen) atoms. The van der Waals surface area contributed by atoms with Gasteiger partial charge in [-0.15, -0.1) is 0 Å². The number of ether oxygens (including phenoxy) is 2. The summed E-state index contributed by atoms with van der Waals surface area (Å²) in [6.07, 6.45) is 2.65. The smallest absolute Gasteiger partial charge is 0.305 e. The first-order chi connectivity index (χ1) is 9.95. The summed E-state index contributed by atoms with van der Waals surface area (Å²) < 4.78 is 30.8. The zero-order chi connectivity index (χ0) is 16.1. The first-order valence-electron chi connectivity index (χ1n) is 7.23. The number of hydrogen-bond donors (Lipinski definition) is 0. The van der Waals surface area contributed by atoms with Gasteiger partial charge in [-0.3, -0.25) is 9.36 Å². The van der Waals surface area contributed by atoms with Crippen molar-refractivity contribution in [3.8, 4) is 0 Å². The topological polar surface area (TPSA) is 94.1 Å². The number of hydrogen-bond acceptors (Lipinski definition) is 7. The van der Waals surface area contributed by atoms with Gasteiger partial charge in [-0.25, -0.2) is 0 Å². The number of carbonyl (C=O) groups is 1. The maximum absolute atomic E-state index is 11.4. The molecule has 0 aliphatic carbocycles. The highest BCUT2D eigenvalue weighted by atomic mass is 31.2. The van der Waals surface area contributed by atoms with Gasteiger partial charge in [-0.2, -0.15) is 0 Å². The Balaban J connectivity index is 3.80. The highest BCUT2D eigenvalue weighted by Crippen LogP contribution is 2.38. The maximum Gasteiger partial charge on any atom is 0.305 e. The van der Waals surface area contributed by atoms with Crippen LogP contribution in [-0.4, -0.2) is 39.0 Å². The lowest BCUT2D eigenvalue weighted by Gasteiger charge is -2.25. The summed E-state index contributed by atoms with van der Waals surface area (Å²) in [7, 11) is -2.88. The molecule has 0 fully saturated rings. The van der Waals surface area contributed by atoms with Crippen molar-refractivity contribution >= 4 is 13.8 Å². The predicted molar refractivity (Wildman–Crippen MR) is 75.7 cm³/mol. The number of methoxy groups -OCH3 is 1. The minimum absolute atomic E-state index is 0.0575. The molecule has 0 aromatic heterocycles. The molecular weight excluding hydrogens is 299 g/mol. The van der Waals surface area contributed by atoms with Crippen LogP contribution in [0, 0.1) is 0 Å². The van der Waals surface area contributed by atoms with E-state index in [1.54, 1.807) is 0 Å². The summed E-state index contributed by atoms with van der Waals surface area (Å²) in [6.45, 7) is 4.19. The minimum atomic E-state index is -4.23. The van der Waals surface area contributed by atoms with Gasteiger partial charge in [0.25, 0.3) is 7.82 Å². The standard InChI is InChI=1S/C13H27O7P/c1-4-9-19-21(15,16)20-11-12(5-2)18-10-7-6-8-13(14)17-3/h12H,4-11H2,1-3H3,(H,15,16)/p-1. The molecule has 0 saturated heterocycles. The fourth-order valence-electron chi connectivity index (χ4n) is 1.42. The van der Waals surface area contributed by atoms with E-state index >= 15 is 0 Å². The van der Waals surface area contributed by atoms with Crippen molar-refractivity contribution in [2.45, 2.75) is 52.1 Å². The summed E-state index contributed by atoms with van der Waals surface area (Å²) >= 11 is 0. The summed E-state index contributed by atoms with van der Waals surface area (Å²) in [6, 6.07) is 0. The van der Waals surface area contributed by atoms with Crippen molar-refractivity contribution in [2.24, 2.45) is 0 Å². The van der Waals surface area contributed by atoms with Gasteiger partial charge in [0.1, 0.15) is 0 Å². The molecule has 2 atom stereocenters. The lowest BCUT2D eigenvalue weighted by molar-refractivity contribution is -0.227. The average Bonchev–Trinajstić information content (AvgIpc) is 2.47. The number of phosphoric ester groups is 1. The monoisotopic (exact) mass is 325 g/mol. The van der Waals surface area contributed by atoms with Gasteiger partial charge in [0.15, 0.2) is 0 Å². The largest absolute Gasteiger partial charge is 0.756 e. The molecule has 126 valence electrons. The van der Waals surface area contributed by atoms with Crippen LogP contribution in [0.15, 0.2) is 0 Å². The molecule has 0 aliphatic rings. The molecule has 0 aliphatic heterocycles. The lowest BCUT2D eigenvalue weighted by atomic mass is 10.2. The fourth-order valence-corrected chi connectivity index (χ4v) is 2.25. The van der Waals surface area contributed by atoms with E-state index in [0.29, 0.717) is 38.7 Å². The van der Waals surface area contributed by atoms with Crippen molar-refractivity contribution in [1.29, 1.82) is 0 Å². The highest BCUT2D eigenvalue weighted by Gasteiger charge is 2.14. The molecule has 0 amide bonds. The van der Waals surface area contributed by atoms with Gasteiger partial charge in [-0.1, -0.05) is 13.8 Å². The summed E-state index contributed by atoms with van der Waals surface area (Å²) in [5.41, 5.74) is 0. The summed E-state index contributed by atoms with van der Waals surface area (Å²) in [4.78, 5) is 22.3. The third-order valence-corrected chi connectivity index (χ3v) is 3.65. The van der Waals surface area contributed by atoms with E-state index in [1.165, 1.54) is 7.11 Å². The predicted octanol–water partition coefficient (Wildman–Crippen LogP) is 2.04. The molecule has 0 aromatic carbocycles. The van der Waals surface area contributed by atoms with Crippen LogP contribution in [-0.2, 0) is 27.9 Å². The fraction of sp³-hybridized carbons (Fsp3) is 0.923. The van der Waals surface area contributed by atoms with Crippen molar-refractivity contribution in [2.75, 3.05) is 26.9 Å².